The van der Waals surface area contributed by atoms with E-state index in [4.69, 9.17) is 10.1 Å². The molecule has 0 saturated carbocycles. The van der Waals surface area contributed by atoms with Crippen molar-refractivity contribution in [2.24, 2.45) is 5.92 Å². The summed E-state index contributed by atoms with van der Waals surface area (Å²) in [5, 5.41) is 5.78. The van der Waals surface area contributed by atoms with E-state index in [-0.39, 0.29) is 5.41 Å². The van der Waals surface area contributed by atoms with Crippen molar-refractivity contribution in [2.75, 3.05) is 38.6 Å². The molecule has 0 radical (unpaired) electrons. The fourth-order valence-corrected chi connectivity index (χ4v) is 3.95. The van der Waals surface area contributed by atoms with Crippen molar-refractivity contribution in [3.63, 3.8) is 0 Å². The number of aromatic nitrogens is 3. The molecule has 0 aliphatic carbocycles. The van der Waals surface area contributed by atoms with Gasteiger partial charge in [0.25, 0.3) is 0 Å². The van der Waals surface area contributed by atoms with Gasteiger partial charge in [0.2, 0.25) is 10.1 Å². The summed E-state index contributed by atoms with van der Waals surface area (Å²) in [6.45, 7) is 10.1. The van der Waals surface area contributed by atoms with Crippen LogP contribution in [0, 0.1) is 5.92 Å². The first-order valence-corrected chi connectivity index (χ1v) is 8.91. The molecule has 0 N–H and O–H groups in total. The van der Waals surface area contributed by atoms with Gasteiger partial charge in [0.15, 0.2) is 0 Å². The summed E-state index contributed by atoms with van der Waals surface area (Å²) in [6, 6.07) is 0. The zero-order chi connectivity index (χ0) is 15.9. The number of anilines is 1. The van der Waals surface area contributed by atoms with Crippen molar-refractivity contribution in [3.8, 4) is 0 Å². The molecule has 3 heterocycles. The average Bonchev–Trinajstić information content (AvgIpc) is 2.95. The van der Waals surface area contributed by atoms with Gasteiger partial charge in [-0.05, 0) is 32.4 Å². The van der Waals surface area contributed by atoms with Crippen molar-refractivity contribution < 1.29 is 0 Å². The summed E-state index contributed by atoms with van der Waals surface area (Å²) in [5.74, 6) is 0.741. The Morgan fingerprint density at radius 2 is 2.18 bits per heavy atom. The maximum Gasteiger partial charge on any atom is 0.214 e. The van der Waals surface area contributed by atoms with E-state index in [1.165, 1.54) is 25.9 Å². The number of hydrogen-bond acceptors (Lipinski definition) is 5. The second-order valence-corrected chi connectivity index (χ2v) is 8.57. The first-order chi connectivity index (χ1) is 10.3. The maximum atomic E-state index is 4.73. The fourth-order valence-electron chi connectivity index (χ4n) is 3.09. The van der Waals surface area contributed by atoms with Crippen LogP contribution < -0.4 is 4.90 Å². The quantitative estimate of drug-likeness (QED) is 0.871. The lowest BCUT2D eigenvalue weighted by molar-refractivity contribution is 0.213. The highest BCUT2D eigenvalue weighted by Crippen LogP contribution is 2.28. The second kappa shape index (κ2) is 5.81. The third-order valence-electron chi connectivity index (χ3n) is 4.38. The summed E-state index contributed by atoms with van der Waals surface area (Å²) < 4.78 is 1.93. The van der Waals surface area contributed by atoms with E-state index in [1.54, 1.807) is 11.3 Å². The molecule has 22 heavy (non-hydrogen) atoms. The third kappa shape index (κ3) is 3.27. The number of nitrogens with zero attached hydrogens (tertiary/aromatic N) is 5. The smallest absolute Gasteiger partial charge is 0.214 e. The Morgan fingerprint density at radius 1 is 1.41 bits per heavy atom. The summed E-state index contributed by atoms with van der Waals surface area (Å²) in [4.78, 5) is 10.5. The van der Waals surface area contributed by atoms with Crippen molar-refractivity contribution in [1.29, 1.82) is 0 Å². The molecule has 0 amide bonds. The van der Waals surface area contributed by atoms with E-state index in [0.717, 1.165) is 28.2 Å². The van der Waals surface area contributed by atoms with E-state index < -0.39 is 0 Å². The SMILES string of the molecule is CN1CCCC(CN(C)c2nn3cc(C(C)(C)C)nc3s2)C1. The lowest BCUT2D eigenvalue weighted by Crippen LogP contribution is -2.38. The Kier molecular flexibility index (Phi) is 4.16. The minimum atomic E-state index is 0.0756. The first kappa shape index (κ1) is 15.7. The van der Waals surface area contributed by atoms with Crippen molar-refractivity contribution in [2.45, 2.75) is 39.0 Å². The van der Waals surface area contributed by atoms with Gasteiger partial charge in [-0.25, -0.2) is 9.50 Å². The number of likely N-dealkylation sites (tertiary alicyclic amines) is 1. The van der Waals surface area contributed by atoms with E-state index >= 15 is 0 Å². The Bertz CT molecular complexity index is 607. The Balaban J connectivity index is 1.71. The first-order valence-electron chi connectivity index (χ1n) is 8.09. The molecule has 2 aromatic rings. The molecule has 0 bridgehead atoms. The monoisotopic (exact) mass is 321 g/mol. The topological polar surface area (TPSA) is 36.7 Å². The minimum Gasteiger partial charge on any atom is -0.349 e. The van der Waals surface area contributed by atoms with Gasteiger partial charge in [-0.2, -0.15) is 0 Å². The molecule has 0 spiro atoms. The van der Waals surface area contributed by atoms with Crippen LogP contribution in [0.25, 0.3) is 4.96 Å². The van der Waals surface area contributed by atoms with Gasteiger partial charge < -0.3 is 9.80 Å². The predicted molar refractivity (Wildman–Crippen MR) is 93.1 cm³/mol. The van der Waals surface area contributed by atoms with Gasteiger partial charge in [-0.15, -0.1) is 5.10 Å². The lowest BCUT2D eigenvalue weighted by atomic mass is 9.93. The molecule has 1 fully saturated rings. The standard InChI is InChI=1S/C16H27N5S/c1-16(2,3)13-11-21-14(17-13)22-15(18-21)20(5)10-12-7-6-8-19(4)9-12/h11-12H,6-10H2,1-5H3. The Morgan fingerprint density at radius 3 is 2.82 bits per heavy atom. The van der Waals surface area contributed by atoms with Gasteiger partial charge in [-0.3, -0.25) is 0 Å². The number of fused-ring (bicyclic) bond motifs is 1. The molecule has 1 saturated heterocycles. The van der Waals surface area contributed by atoms with Crippen LogP contribution in [0.3, 0.4) is 0 Å². The molecule has 122 valence electrons. The third-order valence-corrected chi connectivity index (χ3v) is 5.42. The van der Waals surface area contributed by atoms with Crippen LogP contribution in [0.15, 0.2) is 6.20 Å². The molecule has 1 unspecified atom stereocenters. The van der Waals surface area contributed by atoms with E-state index in [0.29, 0.717) is 0 Å². The summed E-state index contributed by atoms with van der Waals surface area (Å²) in [7, 11) is 4.37. The lowest BCUT2D eigenvalue weighted by Gasteiger charge is -2.32. The van der Waals surface area contributed by atoms with Crippen LogP contribution >= 0.6 is 11.3 Å². The van der Waals surface area contributed by atoms with Crippen LogP contribution in [0.2, 0.25) is 0 Å². The van der Waals surface area contributed by atoms with Gasteiger partial charge in [0.1, 0.15) is 0 Å². The van der Waals surface area contributed by atoms with Crippen LogP contribution in [-0.4, -0.2) is 53.2 Å². The average molecular weight is 321 g/mol. The summed E-state index contributed by atoms with van der Waals surface area (Å²) in [5.41, 5.74) is 1.18. The fraction of sp³-hybridized carbons (Fsp3) is 0.750. The minimum absolute atomic E-state index is 0.0756. The van der Waals surface area contributed by atoms with Crippen molar-refractivity contribution in [3.05, 3.63) is 11.9 Å². The second-order valence-electron chi connectivity index (χ2n) is 7.64. The summed E-state index contributed by atoms with van der Waals surface area (Å²) >= 11 is 1.68. The highest BCUT2D eigenvalue weighted by Gasteiger charge is 2.22. The largest absolute Gasteiger partial charge is 0.349 e. The molecule has 0 aromatic carbocycles. The van der Waals surface area contributed by atoms with Crippen molar-refractivity contribution >= 4 is 21.4 Å². The molecule has 2 aromatic heterocycles. The van der Waals surface area contributed by atoms with Gasteiger partial charge in [0.05, 0.1) is 11.9 Å². The number of piperidine rings is 1. The molecule has 1 atom stereocenters. The zero-order valence-corrected chi connectivity index (χ0v) is 15.2. The molecule has 3 rings (SSSR count). The molecule has 5 nitrogen and oxygen atoms in total. The van der Waals surface area contributed by atoms with Gasteiger partial charge >= 0.3 is 0 Å². The maximum absolute atomic E-state index is 4.73. The van der Waals surface area contributed by atoms with E-state index in [1.807, 2.05) is 4.52 Å². The molecule has 1 aliphatic rings. The van der Waals surface area contributed by atoms with E-state index in [2.05, 4.69) is 50.9 Å². The highest BCUT2D eigenvalue weighted by molar-refractivity contribution is 7.20. The summed E-state index contributed by atoms with van der Waals surface area (Å²) in [6.07, 6.45) is 4.70. The van der Waals surface area contributed by atoms with Crippen LogP contribution in [0.1, 0.15) is 39.3 Å². The van der Waals surface area contributed by atoms with Gasteiger partial charge in [0, 0.05) is 25.6 Å². The molecule has 1 aliphatic heterocycles. The Hall–Kier alpha value is -1.14. The van der Waals surface area contributed by atoms with Crippen LogP contribution in [0.5, 0.6) is 0 Å². The van der Waals surface area contributed by atoms with Gasteiger partial charge in [-0.1, -0.05) is 32.1 Å². The van der Waals surface area contributed by atoms with Crippen molar-refractivity contribution in [1.82, 2.24) is 19.5 Å². The predicted octanol–water partition coefficient (Wildman–Crippen LogP) is 2.87. The highest BCUT2D eigenvalue weighted by atomic mass is 32.1. The number of hydrogen-bond donors (Lipinski definition) is 0. The van der Waals surface area contributed by atoms with Crippen LogP contribution in [-0.2, 0) is 5.41 Å². The number of imidazole rings is 1. The molecular formula is C16H27N5S. The van der Waals surface area contributed by atoms with E-state index in [9.17, 15) is 0 Å². The zero-order valence-electron chi connectivity index (χ0n) is 14.3. The molecule has 6 heteroatoms. The normalized spacial score (nSPS) is 20.7. The van der Waals surface area contributed by atoms with Crippen LogP contribution in [0.4, 0.5) is 5.13 Å². The number of rotatable bonds is 3. The molecular weight excluding hydrogens is 294 g/mol. The Labute approximate surface area is 136 Å².